The fraction of sp³-hybridized carbons (Fsp3) is 0.273. The maximum Gasteiger partial charge on any atom is 0.183 e. The molecule has 0 spiro atoms. The van der Waals surface area contributed by atoms with Crippen molar-refractivity contribution in [1.29, 1.82) is 0 Å². The van der Waals surface area contributed by atoms with Gasteiger partial charge in [-0.3, -0.25) is 0 Å². The predicted octanol–water partition coefficient (Wildman–Crippen LogP) is 4.09. The number of benzene rings is 1. The average Bonchev–Trinajstić information content (AvgIpc) is 2.65. The molecule has 4 heteroatoms. The van der Waals surface area contributed by atoms with E-state index in [9.17, 15) is 0 Å². The van der Waals surface area contributed by atoms with Gasteiger partial charge in [-0.1, -0.05) is 49.4 Å². The van der Waals surface area contributed by atoms with E-state index in [1.807, 2.05) is 0 Å². The molecule has 2 aromatic rings. The third kappa shape index (κ3) is 2.44. The van der Waals surface area contributed by atoms with Gasteiger partial charge in [-0.05, 0) is 27.4 Å². The number of halogens is 1. The van der Waals surface area contributed by atoms with E-state index in [4.69, 9.17) is 0 Å². The lowest BCUT2D eigenvalue weighted by atomic mass is 10.0. The van der Waals surface area contributed by atoms with Gasteiger partial charge in [0.15, 0.2) is 3.92 Å². The molecule has 78 valence electrons. The molecule has 0 aliphatic carbocycles. The molecule has 2 nitrogen and oxygen atoms in total. The molecule has 0 atom stereocenters. The molecule has 0 saturated carbocycles. The molecule has 0 amide bonds. The van der Waals surface area contributed by atoms with Gasteiger partial charge in [-0.15, -0.1) is 10.2 Å². The molecule has 0 aliphatic heterocycles. The van der Waals surface area contributed by atoms with Crippen molar-refractivity contribution in [3.8, 4) is 10.6 Å². The quantitative estimate of drug-likeness (QED) is 0.829. The van der Waals surface area contributed by atoms with Crippen LogP contribution in [0.1, 0.15) is 25.3 Å². The zero-order valence-corrected chi connectivity index (χ0v) is 11.0. The highest BCUT2D eigenvalue weighted by molar-refractivity contribution is 9.11. The molecule has 0 saturated heterocycles. The van der Waals surface area contributed by atoms with Crippen LogP contribution < -0.4 is 0 Å². The molecule has 0 unspecified atom stereocenters. The van der Waals surface area contributed by atoms with Crippen LogP contribution in [-0.2, 0) is 0 Å². The molecule has 0 radical (unpaired) electrons. The third-order valence-corrected chi connectivity index (χ3v) is 3.63. The summed E-state index contributed by atoms with van der Waals surface area (Å²) >= 11 is 4.86. The first-order valence-electron chi connectivity index (χ1n) is 4.76. The summed E-state index contributed by atoms with van der Waals surface area (Å²) in [6, 6.07) is 8.50. The minimum atomic E-state index is 0.570. The van der Waals surface area contributed by atoms with E-state index in [0.29, 0.717) is 5.92 Å². The van der Waals surface area contributed by atoms with Crippen molar-refractivity contribution >= 4 is 27.3 Å². The van der Waals surface area contributed by atoms with Crippen LogP contribution in [0.2, 0.25) is 0 Å². The minimum Gasteiger partial charge on any atom is -0.137 e. The Balaban J connectivity index is 2.31. The van der Waals surface area contributed by atoms with E-state index < -0.39 is 0 Å². The number of nitrogens with zero attached hydrogens (tertiary/aromatic N) is 2. The fourth-order valence-electron chi connectivity index (χ4n) is 1.33. The standard InChI is InChI=1S/C11H11BrN2S/c1-7(2)8-3-5-9(6-4-8)10-13-14-11(12)15-10/h3-7H,1-2H3. The van der Waals surface area contributed by atoms with Crippen LogP contribution in [0.15, 0.2) is 28.2 Å². The molecule has 0 fully saturated rings. The Morgan fingerprint density at radius 1 is 1.13 bits per heavy atom. The normalized spacial score (nSPS) is 10.9. The molecule has 0 N–H and O–H groups in total. The van der Waals surface area contributed by atoms with Gasteiger partial charge in [-0.2, -0.15) is 0 Å². The van der Waals surface area contributed by atoms with E-state index in [1.165, 1.54) is 5.56 Å². The predicted molar refractivity (Wildman–Crippen MR) is 67.1 cm³/mol. The zero-order valence-electron chi connectivity index (χ0n) is 8.57. The molecule has 0 aliphatic rings. The molecule has 1 aromatic carbocycles. The highest BCUT2D eigenvalue weighted by Crippen LogP contribution is 2.27. The van der Waals surface area contributed by atoms with Gasteiger partial charge in [0.1, 0.15) is 5.01 Å². The van der Waals surface area contributed by atoms with Crippen LogP contribution in [0.3, 0.4) is 0 Å². The monoisotopic (exact) mass is 282 g/mol. The summed E-state index contributed by atoms with van der Waals surface area (Å²) in [7, 11) is 0. The van der Waals surface area contributed by atoms with Gasteiger partial charge in [-0.25, -0.2) is 0 Å². The number of rotatable bonds is 2. The van der Waals surface area contributed by atoms with Gasteiger partial charge in [0, 0.05) is 5.56 Å². The summed E-state index contributed by atoms with van der Waals surface area (Å²) < 4.78 is 0.824. The van der Waals surface area contributed by atoms with Crippen molar-refractivity contribution in [2.45, 2.75) is 19.8 Å². The number of aromatic nitrogens is 2. The van der Waals surface area contributed by atoms with Gasteiger partial charge < -0.3 is 0 Å². The van der Waals surface area contributed by atoms with E-state index in [1.54, 1.807) is 11.3 Å². The summed E-state index contributed by atoms with van der Waals surface area (Å²) in [5.74, 6) is 0.570. The van der Waals surface area contributed by atoms with Crippen LogP contribution >= 0.6 is 27.3 Å². The lowest BCUT2D eigenvalue weighted by molar-refractivity contribution is 0.867. The summed E-state index contributed by atoms with van der Waals surface area (Å²) in [6.07, 6.45) is 0. The third-order valence-electron chi connectivity index (χ3n) is 2.22. The zero-order chi connectivity index (χ0) is 10.8. The lowest BCUT2D eigenvalue weighted by Crippen LogP contribution is -1.86. The SMILES string of the molecule is CC(C)c1ccc(-c2nnc(Br)s2)cc1. The molecular formula is C11H11BrN2S. The van der Waals surface area contributed by atoms with Crippen molar-refractivity contribution < 1.29 is 0 Å². The first kappa shape index (κ1) is 10.8. The Hall–Kier alpha value is -0.740. The lowest BCUT2D eigenvalue weighted by Gasteiger charge is -2.04. The van der Waals surface area contributed by atoms with Crippen molar-refractivity contribution in [1.82, 2.24) is 10.2 Å². The van der Waals surface area contributed by atoms with Crippen molar-refractivity contribution in [3.05, 3.63) is 33.7 Å². The highest BCUT2D eigenvalue weighted by atomic mass is 79.9. The second-order valence-corrected chi connectivity index (χ2v) is 5.89. The summed E-state index contributed by atoms with van der Waals surface area (Å²) in [5, 5.41) is 8.97. The van der Waals surface area contributed by atoms with Gasteiger partial charge in [0.05, 0.1) is 0 Å². The smallest absolute Gasteiger partial charge is 0.137 e. The van der Waals surface area contributed by atoms with Gasteiger partial charge in [0.25, 0.3) is 0 Å². The van der Waals surface area contributed by atoms with Crippen LogP contribution in [0.25, 0.3) is 10.6 Å². The molecule has 15 heavy (non-hydrogen) atoms. The molecule has 1 aromatic heterocycles. The van der Waals surface area contributed by atoms with Crippen LogP contribution in [-0.4, -0.2) is 10.2 Å². The first-order chi connectivity index (χ1) is 7.16. The van der Waals surface area contributed by atoms with Crippen LogP contribution in [0.5, 0.6) is 0 Å². The van der Waals surface area contributed by atoms with Gasteiger partial charge >= 0.3 is 0 Å². The molecular weight excluding hydrogens is 272 g/mol. The number of hydrogen-bond acceptors (Lipinski definition) is 3. The maximum absolute atomic E-state index is 4.08. The Kier molecular flexibility index (Phi) is 3.17. The maximum atomic E-state index is 4.08. The summed E-state index contributed by atoms with van der Waals surface area (Å²) in [4.78, 5) is 0. The topological polar surface area (TPSA) is 25.8 Å². The van der Waals surface area contributed by atoms with E-state index in [-0.39, 0.29) is 0 Å². The summed E-state index contributed by atoms with van der Waals surface area (Å²) in [6.45, 7) is 4.38. The Morgan fingerprint density at radius 2 is 1.80 bits per heavy atom. The average molecular weight is 283 g/mol. The van der Waals surface area contributed by atoms with E-state index in [2.05, 4.69) is 64.2 Å². The van der Waals surface area contributed by atoms with Crippen LogP contribution in [0, 0.1) is 0 Å². The second-order valence-electron chi connectivity index (χ2n) is 3.64. The summed E-state index contributed by atoms with van der Waals surface area (Å²) in [5.41, 5.74) is 2.48. The van der Waals surface area contributed by atoms with Crippen molar-refractivity contribution in [2.75, 3.05) is 0 Å². The molecule has 0 bridgehead atoms. The molecule has 2 rings (SSSR count). The Labute approximate surface area is 101 Å². The Bertz CT molecular complexity index is 448. The highest BCUT2D eigenvalue weighted by Gasteiger charge is 2.05. The van der Waals surface area contributed by atoms with Crippen molar-refractivity contribution in [3.63, 3.8) is 0 Å². The Morgan fingerprint density at radius 3 is 2.27 bits per heavy atom. The first-order valence-corrected chi connectivity index (χ1v) is 6.37. The number of hydrogen-bond donors (Lipinski definition) is 0. The largest absolute Gasteiger partial charge is 0.183 e. The van der Waals surface area contributed by atoms with Crippen LogP contribution in [0.4, 0.5) is 0 Å². The van der Waals surface area contributed by atoms with Crippen molar-refractivity contribution in [2.24, 2.45) is 0 Å². The molecule has 1 heterocycles. The van der Waals surface area contributed by atoms with E-state index in [0.717, 1.165) is 14.5 Å². The second kappa shape index (κ2) is 4.41. The van der Waals surface area contributed by atoms with Gasteiger partial charge in [0.2, 0.25) is 0 Å². The minimum absolute atomic E-state index is 0.570. The fourth-order valence-corrected chi connectivity index (χ4v) is 2.45. The van der Waals surface area contributed by atoms with E-state index >= 15 is 0 Å².